The zero-order valence-corrected chi connectivity index (χ0v) is 22.3. The molecule has 1 fully saturated rings. The SMILES string of the molecule is CSc1cccc(NC(=O)CN2C(=O)S/C(=C\c3cn(CCOc4ccccc4)c4ccccc34)C2=O)c1. The van der Waals surface area contributed by atoms with Crippen LogP contribution < -0.4 is 10.1 Å². The van der Waals surface area contributed by atoms with Crippen LogP contribution in [0.3, 0.4) is 0 Å². The van der Waals surface area contributed by atoms with Crippen LogP contribution in [0.1, 0.15) is 5.56 Å². The number of rotatable bonds is 9. The Morgan fingerprint density at radius 2 is 1.82 bits per heavy atom. The molecule has 0 aliphatic carbocycles. The van der Waals surface area contributed by atoms with Crippen molar-refractivity contribution in [3.05, 3.63) is 95.5 Å². The summed E-state index contributed by atoms with van der Waals surface area (Å²) in [6, 6.07) is 24.9. The van der Waals surface area contributed by atoms with Gasteiger partial charge >= 0.3 is 0 Å². The molecule has 1 aliphatic heterocycles. The Balaban J connectivity index is 1.30. The van der Waals surface area contributed by atoms with Crippen molar-refractivity contribution in [1.82, 2.24) is 9.47 Å². The van der Waals surface area contributed by atoms with E-state index in [1.54, 1.807) is 23.9 Å². The maximum absolute atomic E-state index is 13.1. The van der Waals surface area contributed by atoms with Gasteiger partial charge in [-0.05, 0) is 60.5 Å². The molecule has 0 saturated carbocycles. The summed E-state index contributed by atoms with van der Waals surface area (Å²) in [4.78, 5) is 40.6. The van der Waals surface area contributed by atoms with Crippen molar-refractivity contribution >= 4 is 63.2 Å². The number of hydrogen-bond donors (Lipinski definition) is 1. The summed E-state index contributed by atoms with van der Waals surface area (Å²) in [5.41, 5.74) is 2.44. The fourth-order valence-electron chi connectivity index (χ4n) is 4.18. The topological polar surface area (TPSA) is 80.6 Å². The molecule has 38 heavy (non-hydrogen) atoms. The van der Waals surface area contributed by atoms with E-state index in [1.165, 1.54) is 0 Å². The average Bonchev–Trinajstić information content (AvgIpc) is 3.41. The second kappa shape index (κ2) is 11.6. The predicted molar refractivity (Wildman–Crippen MR) is 153 cm³/mol. The highest BCUT2D eigenvalue weighted by molar-refractivity contribution is 8.18. The number of fused-ring (bicyclic) bond motifs is 1. The standard InChI is InChI=1S/C29H25N3O4S2/c1-37-23-11-7-8-21(17-23)30-27(33)19-32-28(34)26(38-29(32)35)16-20-18-31(25-13-6-5-12-24(20)25)14-15-36-22-9-3-2-4-10-22/h2-13,16-18H,14-15,19H2,1H3,(H,30,33)/b26-16-. The summed E-state index contributed by atoms with van der Waals surface area (Å²) < 4.78 is 7.93. The van der Waals surface area contributed by atoms with Gasteiger partial charge in [0.05, 0.1) is 11.4 Å². The zero-order valence-electron chi connectivity index (χ0n) is 20.6. The third kappa shape index (κ3) is 5.79. The first kappa shape index (κ1) is 25.7. The van der Waals surface area contributed by atoms with Gasteiger partial charge in [-0.25, -0.2) is 0 Å². The van der Waals surface area contributed by atoms with E-state index in [2.05, 4.69) is 9.88 Å². The maximum Gasteiger partial charge on any atom is 0.294 e. The van der Waals surface area contributed by atoms with E-state index in [0.29, 0.717) is 18.8 Å². The van der Waals surface area contributed by atoms with Gasteiger partial charge in [-0.15, -0.1) is 11.8 Å². The fourth-order valence-corrected chi connectivity index (χ4v) is 5.46. The van der Waals surface area contributed by atoms with E-state index >= 15 is 0 Å². The summed E-state index contributed by atoms with van der Waals surface area (Å²) in [5.74, 6) is -0.0991. The Hall–Kier alpha value is -3.95. The van der Waals surface area contributed by atoms with Crippen LogP contribution in [0, 0.1) is 0 Å². The van der Waals surface area contributed by atoms with Gasteiger partial charge in [0.1, 0.15) is 18.9 Å². The highest BCUT2D eigenvalue weighted by Crippen LogP contribution is 2.34. The lowest BCUT2D eigenvalue weighted by molar-refractivity contribution is -0.127. The molecule has 1 saturated heterocycles. The third-order valence-corrected chi connectivity index (χ3v) is 7.61. The highest BCUT2D eigenvalue weighted by atomic mass is 32.2. The molecular weight excluding hydrogens is 518 g/mol. The summed E-state index contributed by atoms with van der Waals surface area (Å²) >= 11 is 2.41. The van der Waals surface area contributed by atoms with Crippen molar-refractivity contribution in [3.63, 3.8) is 0 Å². The van der Waals surface area contributed by atoms with Crippen LogP contribution in [0.25, 0.3) is 17.0 Å². The molecule has 0 spiro atoms. The number of benzene rings is 3. The van der Waals surface area contributed by atoms with Crippen molar-refractivity contribution in [2.45, 2.75) is 11.4 Å². The molecule has 1 aliphatic rings. The van der Waals surface area contributed by atoms with Gasteiger partial charge in [0, 0.05) is 33.2 Å². The number of anilines is 1. The number of hydrogen-bond acceptors (Lipinski definition) is 6. The minimum absolute atomic E-state index is 0.288. The van der Waals surface area contributed by atoms with Crippen LogP contribution in [0.5, 0.6) is 5.75 Å². The van der Waals surface area contributed by atoms with Gasteiger partial charge in [-0.1, -0.05) is 42.5 Å². The summed E-state index contributed by atoms with van der Waals surface area (Å²) in [6.45, 7) is 0.750. The van der Waals surface area contributed by atoms with Crippen LogP contribution in [0.2, 0.25) is 0 Å². The second-order valence-corrected chi connectivity index (χ2v) is 10.4. The number of aromatic nitrogens is 1. The van der Waals surface area contributed by atoms with Crippen LogP contribution in [0.15, 0.2) is 94.9 Å². The molecule has 0 unspecified atom stereocenters. The lowest BCUT2D eigenvalue weighted by Crippen LogP contribution is -2.36. The summed E-state index contributed by atoms with van der Waals surface area (Å²) in [7, 11) is 0. The van der Waals surface area contributed by atoms with E-state index < -0.39 is 17.1 Å². The summed E-state index contributed by atoms with van der Waals surface area (Å²) in [6.07, 6.45) is 5.63. The Morgan fingerprint density at radius 1 is 1.03 bits per heavy atom. The first-order valence-corrected chi connectivity index (χ1v) is 14.0. The maximum atomic E-state index is 13.1. The van der Waals surface area contributed by atoms with E-state index in [4.69, 9.17) is 4.74 Å². The number of nitrogens with one attached hydrogen (secondary N) is 1. The van der Waals surface area contributed by atoms with Gasteiger partial charge in [0.25, 0.3) is 11.1 Å². The zero-order chi connectivity index (χ0) is 26.5. The van der Waals surface area contributed by atoms with Gasteiger partial charge in [0.2, 0.25) is 5.91 Å². The lowest BCUT2D eigenvalue weighted by Gasteiger charge is -2.12. The number of amides is 3. The Labute approximate surface area is 228 Å². The number of imide groups is 1. The molecule has 3 aromatic carbocycles. The first-order valence-electron chi connectivity index (χ1n) is 12.0. The summed E-state index contributed by atoms with van der Waals surface area (Å²) in [5, 5.41) is 3.27. The Morgan fingerprint density at radius 3 is 2.63 bits per heavy atom. The monoisotopic (exact) mass is 543 g/mol. The van der Waals surface area contributed by atoms with Crippen molar-refractivity contribution in [2.24, 2.45) is 0 Å². The third-order valence-electron chi connectivity index (χ3n) is 5.98. The number of nitrogens with zero attached hydrogens (tertiary/aromatic N) is 2. The highest BCUT2D eigenvalue weighted by Gasteiger charge is 2.36. The number of ether oxygens (including phenoxy) is 1. The van der Waals surface area contributed by atoms with Crippen molar-refractivity contribution < 1.29 is 19.1 Å². The van der Waals surface area contributed by atoms with Gasteiger partial charge in [0.15, 0.2) is 0 Å². The van der Waals surface area contributed by atoms with Gasteiger partial charge < -0.3 is 14.6 Å². The van der Waals surface area contributed by atoms with Gasteiger partial charge in [-0.3, -0.25) is 19.3 Å². The van der Waals surface area contributed by atoms with Crippen LogP contribution >= 0.6 is 23.5 Å². The van der Waals surface area contributed by atoms with Crippen molar-refractivity contribution in [1.29, 1.82) is 0 Å². The lowest BCUT2D eigenvalue weighted by atomic mass is 10.1. The quantitative estimate of drug-likeness (QED) is 0.202. The van der Waals surface area contributed by atoms with Crippen LogP contribution in [-0.4, -0.2) is 45.9 Å². The smallest absolute Gasteiger partial charge is 0.294 e. The van der Waals surface area contributed by atoms with Gasteiger partial charge in [-0.2, -0.15) is 0 Å². The van der Waals surface area contributed by atoms with E-state index in [0.717, 1.165) is 43.8 Å². The number of carbonyl (C=O) groups excluding carboxylic acids is 3. The van der Waals surface area contributed by atoms with E-state index in [1.807, 2.05) is 85.2 Å². The average molecular weight is 544 g/mol. The van der Waals surface area contributed by atoms with E-state index in [9.17, 15) is 14.4 Å². The number of carbonyl (C=O) groups is 3. The van der Waals surface area contributed by atoms with Crippen LogP contribution in [-0.2, 0) is 16.1 Å². The fraction of sp³-hybridized carbons (Fsp3) is 0.138. The number of thioether (sulfide) groups is 2. The molecule has 9 heteroatoms. The first-order chi connectivity index (χ1) is 18.5. The molecule has 0 atom stereocenters. The molecule has 1 N–H and O–H groups in total. The molecule has 3 amide bonds. The van der Waals surface area contributed by atoms with Crippen LogP contribution in [0.4, 0.5) is 10.5 Å². The van der Waals surface area contributed by atoms with E-state index in [-0.39, 0.29) is 11.4 Å². The Kier molecular flexibility index (Phi) is 7.86. The minimum atomic E-state index is -0.475. The second-order valence-electron chi connectivity index (χ2n) is 8.50. The number of para-hydroxylation sites is 2. The Bertz CT molecular complexity index is 1530. The molecule has 0 bridgehead atoms. The van der Waals surface area contributed by atoms with Crippen molar-refractivity contribution in [2.75, 3.05) is 24.7 Å². The van der Waals surface area contributed by atoms with Crippen molar-refractivity contribution in [3.8, 4) is 5.75 Å². The predicted octanol–water partition coefficient (Wildman–Crippen LogP) is 6.12. The molecule has 1 aromatic heterocycles. The minimum Gasteiger partial charge on any atom is -0.492 e. The molecule has 0 radical (unpaired) electrons. The molecule has 2 heterocycles. The molecule has 192 valence electrons. The molecule has 4 aromatic rings. The molecule has 7 nitrogen and oxygen atoms in total. The molecular formula is C29H25N3O4S2. The largest absolute Gasteiger partial charge is 0.492 e. The molecule has 5 rings (SSSR count). The normalized spacial score (nSPS) is 14.4.